The summed E-state index contributed by atoms with van der Waals surface area (Å²) in [6.07, 6.45) is 101. The average molecular weight is 1570 g/mol. The van der Waals surface area contributed by atoms with E-state index in [1.54, 1.807) is 12.2 Å². The van der Waals surface area contributed by atoms with Crippen LogP contribution in [-0.2, 0) is 65.4 Å². The van der Waals surface area contributed by atoms with Gasteiger partial charge in [-0.25, -0.2) is 9.13 Å². The van der Waals surface area contributed by atoms with Crippen LogP contribution in [0.15, 0.2) is 207 Å². The van der Waals surface area contributed by atoms with Crippen LogP contribution in [0.25, 0.3) is 0 Å². The molecule has 0 rings (SSSR count). The Morgan fingerprint density at radius 2 is 0.482 bits per heavy atom. The van der Waals surface area contributed by atoms with Crippen molar-refractivity contribution in [3.8, 4) is 0 Å². The highest BCUT2D eigenvalue weighted by molar-refractivity contribution is 7.47. The van der Waals surface area contributed by atoms with E-state index in [1.807, 2.05) is 12.2 Å². The number of aliphatic hydroxyl groups excluding tert-OH is 1. The van der Waals surface area contributed by atoms with Crippen molar-refractivity contribution in [3.05, 3.63) is 207 Å². The molecule has 0 saturated carbocycles. The second-order valence-corrected chi connectivity index (χ2v) is 29.5. The summed E-state index contributed by atoms with van der Waals surface area (Å²) in [4.78, 5) is 73.1. The molecule has 0 saturated heterocycles. The maximum atomic E-state index is 13.1. The van der Waals surface area contributed by atoms with E-state index >= 15 is 0 Å². The van der Waals surface area contributed by atoms with Crippen LogP contribution < -0.4 is 0 Å². The fourth-order valence-electron chi connectivity index (χ4n) is 10.2. The van der Waals surface area contributed by atoms with Crippen molar-refractivity contribution in [2.24, 2.45) is 0 Å². The third-order valence-corrected chi connectivity index (χ3v) is 18.2. The first kappa shape index (κ1) is 104. The molecular weight excluding hydrogens is 1430 g/mol. The fraction of sp³-hybridized carbons (Fsp3) is 0.582. The van der Waals surface area contributed by atoms with Crippen molar-refractivity contribution in [2.75, 3.05) is 39.6 Å². The zero-order valence-electron chi connectivity index (χ0n) is 67.8. The first-order valence-electron chi connectivity index (χ1n) is 41.3. The second-order valence-electron chi connectivity index (χ2n) is 26.6. The molecule has 0 aromatic rings. The van der Waals surface area contributed by atoms with Crippen LogP contribution in [0.4, 0.5) is 0 Å². The molecule has 0 heterocycles. The van der Waals surface area contributed by atoms with Crippen LogP contribution in [0.2, 0.25) is 0 Å². The van der Waals surface area contributed by atoms with E-state index in [9.17, 15) is 43.2 Å². The van der Waals surface area contributed by atoms with Crippen LogP contribution in [0.1, 0.15) is 285 Å². The first-order valence-corrected chi connectivity index (χ1v) is 44.3. The molecule has 0 aliphatic heterocycles. The van der Waals surface area contributed by atoms with Gasteiger partial charge in [-0.05, 0) is 167 Å². The normalized spacial score (nSPS) is 14.9. The Labute approximate surface area is 665 Å². The molecule has 620 valence electrons. The van der Waals surface area contributed by atoms with Gasteiger partial charge in [-0.15, -0.1) is 0 Å². The van der Waals surface area contributed by atoms with Crippen LogP contribution in [0.3, 0.4) is 0 Å². The largest absolute Gasteiger partial charge is 0.472 e. The zero-order chi connectivity index (χ0) is 80.3. The summed E-state index contributed by atoms with van der Waals surface area (Å²) in [5.41, 5.74) is 0. The number of ether oxygens (including phenoxy) is 4. The Morgan fingerprint density at radius 3 is 0.773 bits per heavy atom. The van der Waals surface area contributed by atoms with E-state index in [0.29, 0.717) is 25.7 Å². The molecule has 0 aromatic heterocycles. The molecule has 0 aliphatic rings. The molecule has 0 aromatic carbocycles. The van der Waals surface area contributed by atoms with Crippen LogP contribution in [0, 0.1) is 0 Å². The van der Waals surface area contributed by atoms with Crippen molar-refractivity contribution < 1.29 is 80.2 Å². The molecule has 5 unspecified atom stereocenters. The summed E-state index contributed by atoms with van der Waals surface area (Å²) in [6, 6.07) is 0. The Balaban J connectivity index is 5.51. The zero-order valence-corrected chi connectivity index (χ0v) is 69.6. The fourth-order valence-corrected chi connectivity index (χ4v) is 11.7. The molecule has 5 atom stereocenters. The summed E-state index contributed by atoms with van der Waals surface area (Å²) < 4.78 is 68.6. The predicted molar refractivity (Wildman–Crippen MR) is 454 cm³/mol. The molecule has 0 fully saturated rings. The van der Waals surface area contributed by atoms with Crippen molar-refractivity contribution in [2.45, 2.75) is 303 Å². The molecule has 0 radical (unpaired) electrons. The maximum Gasteiger partial charge on any atom is 0.472 e. The number of hydrogen-bond donors (Lipinski definition) is 3. The average Bonchev–Trinajstić information content (AvgIpc) is 0.906. The van der Waals surface area contributed by atoms with Gasteiger partial charge in [0.1, 0.15) is 19.3 Å². The summed E-state index contributed by atoms with van der Waals surface area (Å²) >= 11 is 0. The minimum atomic E-state index is -5.02. The van der Waals surface area contributed by atoms with Crippen LogP contribution in [0.5, 0.6) is 0 Å². The van der Waals surface area contributed by atoms with E-state index < -0.39 is 97.5 Å². The lowest BCUT2D eigenvalue weighted by atomic mass is 10.1. The number of allylic oxidation sites excluding steroid dienone is 33. The van der Waals surface area contributed by atoms with Crippen LogP contribution in [-0.4, -0.2) is 96.7 Å². The third-order valence-electron chi connectivity index (χ3n) is 16.3. The van der Waals surface area contributed by atoms with Gasteiger partial charge in [-0.3, -0.25) is 37.3 Å². The van der Waals surface area contributed by atoms with Gasteiger partial charge in [0.05, 0.1) is 32.8 Å². The van der Waals surface area contributed by atoms with Gasteiger partial charge in [0.25, 0.3) is 0 Å². The van der Waals surface area contributed by atoms with E-state index in [0.717, 1.165) is 205 Å². The molecule has 19 heteroatoms. The van der Waals surface area contributed by atoms with Crippen molar-refractivity contribution in [1.82, 2.24) is 0 Å². The highest BCUT2D eigenvalue weighted by Crippen LogP contribution is 2.45. The number of phosphoric ester groups is 2. The number of rotatable bonds is 75. The Morgan fingerprint density at radius 1 is 0.264 bits per heavy atom. The van der Waals surface area contributed by atoms with Crippen LogP contribution >= 0.6 is 15.6 Å². The van der Waals surface area contributed by atoms with E-state index in [-0.39, 0.29) is 25.7 Å². The Bertz CT molecular complexity index is 2900. The van der Waals surface area contributed by atoms with Gasteiger partial charge in [0.15, 0.2) is 12.2 Å². The smallest absolute Gasteiger partial charge is 0.462 e. The maximum absolute atomic E-state index is 13.1. The Hall–Kier alpha value is -6.36. The molecule has 3 N–H and O–H groups in total. The Kier molecular flexibility index (Phi) is 76.0. The molecule has 0 aliphatic carbocycles. The van der Waals surface area contributed by atoms with Gasteiger partial charge >= 0.3 is 39.5 Å². The van der Waals surface area contributed by atoms with Gasteiger partial charge < -0.3 is 33.8 Å². The molecule has 17 nitrogen and oxygen atoms in total. The second kappa shape index (κ2) is 80.7. The molecule has 0 spiro atoms. The highest BCUT2D eigenvalue weighted by atomic mass is 31.2. The van der Waals surface area contributed by atoms with Gasteiger partial charge in [0.2, 0.25) is 0 Å². The summed E-state index contributed by atoms with van der Waals surface area (Å²) in [5, 5.41) is 10.7. The minimum absolute atomic E-state index is 0.0648. The van der Waals surface area contributed by atoms with Crippen molar-refractivity contribution in [3.63, 3.8) is 0 Å². The number of unbranched alkanes of at least 4 members (excludes halogenated alkanes) is 16. The number of aliphatic hydroxyl groups is 1. The molecule has 110 heavy (non-hydrogen) atoms. The lowest BCUT2D eigenvalue weighted by Gasteiger charge is -2.21. The van der Waals surface area contributed by atoms with Gasteiger partial charge in [0, 0.05) is 19.3 Å². The number of esters is 4. The molecule has 0 amide bonds. The third kappa shape index (κ3) is 79.7. The monoisotopic (exact) mass is 1570 g/mol. The number of carbonyl (C=O) groups excluding carboxylic acids is 4. The molecular formula is C91H144O17P2. The van der Waals surface area contributed by atoms with Crippen molar-refractivity contribution >= 4 is 39.5 Å². The van der Waals surface area contributed by atoms with Crippen molar-refractivity contribution in [1.29, 1.82) is 0 Å². The SMILES string of the molecule is CC/C=C\C/C=C\C/C=C\C/C=C\C/C=C\CCCCCC(=O)OCC(COP(=O)(O)OCC(O)COP(=O)(O)OCC(COC(=O)CCCCCCCC/C=C\C/C=C\C/C=C\C/C=C\CC)OC(=O)C/C=C\C/C=C\C/C=C\C/C=C\C/C=C\CC)OC(=O)CCCCCCCCC/C=C\C/C=C\C/C=C\CC. The van der Waals surface area contributed by atoms with E-state index in [1.165, 1.54) is 0 Å². The minimum Gasteiger partial charge on any atom is -0.462 e. The quantitative estimate of drug-likeness (QED) is 0.0169. The van der Waals surface area contributed by atoms with Gasteiger partial charge in [-0.1, -0.05) is 298 Å². The number of phosphoric acid groups is 2. The number of hydrogen-bond acceptors (Lipinski definition) is 15. The van der Waals surface area contributed by atoms with E-state index in [2.05, 4.69) is 210 Å². The topological polar surface area (TPSA) is 237 Å². The van der Waals surface area contributed by atoms with E-state index in [4.69, 9.17) is 37.0 Å². The summed E-state index contributed by atoms with van der Waals surface area (Å²) in [6.45, 7) is 4.23. The first-order chi connectivity index (χ1) is 53.7. The lowest BCUT2D eigenvalue weighted by Crippen LogP contribution is -2.30. The number of carbonyl (C=O) groups is 4. The van der Waals surface area contributed by atoms with Gasteiger partial charge in [-0.2, -0.15) is 0 Å². The predicted octanol–water partition coefficient (Wildman–Crippen LogP) is 24.7. The summed E-state index contributed by atoms with van der Waals surface area (Å²) in [7, 11) is -10.0. The lowest BCUT2D eigenvalue weighted by molar-refractivity contribution is -0.161. The standard InChI is InChI=1S/C91H144O17P2/c1-5-9-13-17-21-25-29-33-37-40-42-45-48-51-55-59-63-67-71-75-88(93)101-81-86(107-90(95)77-73-69-65-61-57-53-47-36-32-28-24-20-16-12-8-4)83-105-109(97,98)103-79-85(92)80-104-110(99,100)106-84-87(108-91(96)78-74-70-66-62-58-54-50-44-39-35-31-27-23-19-15-11-7-3)82-102-89(94)76-72-68-64-60-56-52-49-46-43-41-38-34-30-26-22-18-14-10-6-2/h9-16,21-28,33-39,42-43,45-47,52,56-57,61,69,73,85-87,92H,5-8,17-20,29-32,40-41,44,48-51,53-55,58-60,62-68,70-72,74-84H2,1-4H3,(H,97,98)(H,99,100)/b13-9-,14-10-,15-11-,16-12-,25-21-,26-22-,27-23-,28-24-,37-33-,38-34-,39-35-,45-42-,46-43-,47-36-,56-52-,61-57-,73-69-. The highest BCUT2D eigenvalue weighted by Gasteiger charge is 2.30. The molecule has 0 bridgehead atoms. The summed E-state index contributed by atoms with van der Waals surface area (Å²) in [5.74, 6) is -2.41.